The van der Waals surface area contributed by atoms with E-state index in [0.29, 0.717) is 5.69 Å². The summed E-state index contributed by atoms with van der Waals surface area (Å²) in [6.07, 6.45) is 0. The van der Waals surface area contributed by atoms with Crippen LogP contribution in [0.4, 0.5) is 5.69 Å². The largest absolute Gasteiger partial charge is 0.309 e. The topological polar surface area (TPSA) is 14.2 Å². The van der Waals surface area contributed by atoms with Crippen molar-refractivity contribution in [1.82, 2.24) is 9.13 Å². The molecule has 0 bridgehead atoms. The number of hydrogen-bond acceptors (Lipinski definition) is 0. The molecule has 2 heterocycles. The molecule has 274 valence electrons. The Bertz CT molecular complexity index is 3420. The molecule has 59 heavy (non-hydrogen) atoms. The molecule has 1 aliphatic rings. The highest BCUT2D eigenvalue weighted by Gasteiger charge is 2.47. The lowest BCUT2D eigenvalue weighted by Gasteiger charge is -2.33. The third-order valence-electron chi connectivity index (χ3n) is 12.6. The number of fused-ring (bicyclic) bond motifs is 10. The lowest BCUT2D eigenvalue weighted by atomic mass is 9.67. The van der Waals surface area contributed by atoms with E-state index < -0.39 is 5.41 Å². The molecule has 9 aromatic carbocycles. The predicted octanol–water partition coefficient (Wildman–Crippen LogP) is 14.5. The molecule has 0 fully saturated rings. The summed E-state index contributed by atoms with van der Waals surface area (Å²) < 4.78 is 4.88. The van der Waals surface area contributed by atoms with Crippen molar-refractivity contribution in [2.45, 2.75) is 5.41 Å². The molecule has 11 aromatic rings. The van der Waals surface area contributed by atoms with Gasteiger partial charge in [0.05, 0.1) is 45.4 Å². The van der Waals surface area contributed by atoms with E-state index in [-0.39, 0.29) is 0 Å². The van der Waals surface area contributed by atoms with Crippen molar-refractivity contribution in [3.63, 3.8) is 0 Å². The summed E-state index contributed by atoms with van der Waals surface area (Å²) in [5, 5.41) is 4.81. The normalized spacial score (nSPS) is 12.9. The summed E-state index contributed by atoms with van der Waals surface area (Å²) in [4.78, 5) is 3.98. The Morgan fingerprint density at radius 1 is 0.373 bits per heavy atom. The number of aromatic nitrogens is 2. The summed E-state index contributed by atoms with van der Waals surface area (Å²) in [5.74, 6) is 0. The Labute approximate surface area is 342 Å². The molecule has 1 aliphatic carbocycles. The Kier molecular flexibility index (Phi) is 7.21. The van der Waals surface area contributed by atoms with Crippen LogP contribution >= 0.6 is 0 Å². The first-order valence-electron chi connectivity index (χ1n) is 20.1. The zero-order chi connectivity index (χ0) is 39.1. The fraction of sp³-hybridized carbons (Fsp3) is 0.0179. The van der Waals surface area contributed by atoms with Crippen LogP contribution in [0.2, 0.25) is 0 Å². The SMILES string of the molecule is [C-]#[N+]c1ccc(-n2c3ccccc3c3ccccc32)c(-c2ccccc2-n2c3ccccc3c3ccc4c(c32)-c2ccccc2C4(c2ccccc2)c2ccccc2)c1. The molecule has 0 atom stereocenters. The molecule has 12 rings (SSSR count). The molecule has 0 aliphatic heterocycles. The van der Waals surface area contributed by atoms with Crippen LogP contribution in [0.1, 0.15) is 22.3 Å². The van der Waals surface area contributed by atoms with Gasteiger partial charge in [-0.3, -0.25) is 0 Å². The summed E-state index contributed by atoms with van der Waals surface area (Å²) in [5.41, 5.74) is 16.3. The lowest BCUT2D eigenvalue weighted by Crippen LogP contribution is -2.28. The van der Waals surface area contributed by atoms with Gasteiger partial charge in [0.1, 0.15) is 0 Å². The van der Waals surface area contributed by atoms with Crippen LogP contribution in [0.3, 0.4) is 0 Å². The van der Waals surface area contributed by atoms with E-state index in [1.54, 1.807) is 0 Å². The van der Waals surface area contributed by atoms with E-state index in [2.05, 4.69) is 220 Å². The van der Waals surface area contributed by atoms with Crippen molar-refractivity contribution in [1.29, 1.82) is 0 Å². The van der Waals surface area contributed by atoms with Crippen molar-refractivity contribution in [3.05, 3.63) is 246 Å². The van der Waals surface area contributed by atoms with E-state index in [1.807, 2.05) is 6.07 Å². The maximum absolute atomic E-state index is 8.16. The van der Waals surface area contributed by atoms with Crippen LogP contribution in [0.15, 0.2) is 212 Å². The molecule has 0 N–H and O–H groups in total. The summed E-state index contributed by atoms with van der Waals surface area (Å²) >= 11 is 0. The smallest absolute Gasteiger partial charge is 0.188 e. The molecule has 0 radical (unpaired) electrons. The third-order valence-corrected chi connectivity index (χ3v) is 12.6. The van der Waals surface area contributed by atoms with Gasteiger partial charge in [-0.25, -0.2) is 4.85 Å². The standard InChI is InChI=1S/C56H35N3/c1-57-39-32-35-53(58-49-28-14-9-22-40(49)41-23-10-15-29-50(41)58)46(36-39)43-25-12-17-31-52(43)59-51-30-16-11-24-42(51)44-33-34-48-54(55(44)59)45-26-8-13-27-47(45)56(48,37-18-4-2-5-19-37)38-20-6-3-7-21-38/h2-36H. The van der Waals surface area contributed by atoms with Gasteiger partial charge in [-0.05, 0) is 69.8 Å². The minimum atomic E-state index is -0.531. The highest BCUT2D eigenvalue weighted by molar-refractivity contribution is 6.17. The van der Waals surface area contributed by atoms with E-state index in [9.17, 15) is 0 Å². The van der Waals surface area contributed by atoms with Crippen molar-refractivity contribution in [3.8, 4) is 33.6 Å². The second-order valence-electron chi connectivity index (χ2n) is 15.5. The van der Waals surface area contributed by atoms with Gasteiger partial charge in [0, 0.05) is 32.7 Å². The van der Waals surface area contributed by atoms with Gasteiger partial charge in [0.2, 0.25) is 0 Å². The summed E-state index contributed by atoms with van der Waals surface area (Å²) in [6, 6.07) is 76.8. The fourth-order valence-corrected chi connectivity index (χ4v) is 10.3. The van der Waals surface area contributed by atoms with Crippen molar-refractivity contribution >= 4 is 49.3 Å². The van der Waals surface area contributed by atoms with Crippen molar-refractivity contribution in [2.24, 2.45) is 0 Å². The fourth-order valence-electron chi connectivity index (χ4n) is 10.3. The Hall–Kier alpha value is -7.93. The van der Waals surface area contributed by atoms with Crippen LogP contribution in [-0.2, 0) is 5.41 Å². The zero-order valence-electron chi connectivity index (χ0n) is 32.0. The van der Waals surface area contributed by atoms with Crippen LogP contribution in [-0.4, -0.2) is 9.13 Å². The van der Waals surface area contributed by atoms with Gasteiger partial charge >= 0.3 is 0 Å². The first kappa shape index (κ1) is 33.2. The van der Waals surface area contributed by atoms with Gasteiger partial charge in [-0.1, -0.05) is 176 Å². The van der Waals surface area contributed by atoms with E-state index in [1.165, 1.54) is 60.4 Å². The zero-order valence-corrected chi connectivity index (χ0v) is 32.0. The second kappa shape index (κ2) is 12.8. The number of benzene rings is 9. The van der Waals surface area contributed by atoms with Crippen LogP contribution in [0.5, 0.6) is 0 Å². The Morgan fingerprint density at radius 3 is 1.53 bits per heavy atom. The molecule has 0 saturated heterocycles. The Morgan fingerprint density at radius 2 is 0.881 bits per heavy atom. The summed E-state index contributed by atoms with van der Waals surface area (Å²) in [7, 11) is 0. The number of hydrogen-bond donors (Lipinski definition) is 0. The average Bonchev–Trinajstić information content (AvgIpc) is 3.94. The highest BCUT2D eigenvalue weighted by Crippen LogP contribution is 2.59. The molecule has 0 saturated carbocycles. The van der Waals surface area contributed by atoms with Crippen LogP contribution < -0.4 is 0 Å². The van der Waals surface area contributed by atoms with Gasteiger partial charge in [-0.2, -0.15) is 0 Å². The first-order chi connectivity index (χ1) is 29.3. The molecule has 2 aromatic heterocycles. The molecule has 0 unspecified atom stereocenters. The third kappa shape index (κ3) is 4.57. The van der Waals surface area contributed by atoms with E-state index >= 15 is 0 Å². The van der Waals surface area contributed by atoms with E-state index in [4.69, 9.17) is 6.57 Å². The van der Waals surface area contributed by atoms with E-state index in [0.717, 1.165) is 39.1 Å². The monoisotopic (exact) mass is 749 g/mol. The molecule has 0 amide bonds. The molecule has 0 spiro atoms. The summed E-state index contributed by atoms with van der Waals surface area (Å²) in [6.45, 7) is 8.16. The number of nitrogens with zero attached hydrogens (tertiary/aromatic N) is 3. The predicted molar refractivity (Wildman–Crippen MR) is 244 cm³/mol. The molecular formula is C56H35N3. The minimum Gasteiger partial charge on any atom is -0.309 e. The lowest BCUT2D eigenvalue weighted by molar-refractivity contribution is 0.769. The maximum Gasteiger partial charge on any atom is 0.188 e. The maximum atomic E-state index is 8.16. The highest BCUT2D eigenvalue weighted by atomic mass is 15.0. The van der Waals surface area contributed by atoms with Gasteiger partial charge < -0.3 is 9.13 Å². The van der Waals surface area contributed by atoms with Crippen LogP contribution in [0, 0.1) is 6.57 Å². The second-order valence-corrected chi connectivity index (χ2v) is 15.5. The van der Waals surface area contributed by atoms with Crippen molar-refractivity contribution < 1.29 is 0 Å². The number of rotatable bonds is 5. The number of para-hydroxylation sites is 4. The first-order valence-corrected chi connectivity index (χ1v) is 20.1. The van der Waals surface area contributed by atoms with Gasteiger partial charge in [-0.15, -0.1) is 0 Å². The molecular weight excluding hydrogens is 715 g/mol. The van der Waals surface area contributed by atoms with Crippen molar-refractivity contribution in [2.75, 3.05) is 0 Å². The Balaban J connectivity index is 1.22. The molecule has 3 nitrogen and oxygen atoms in total. The average molecular weight is 750 g/mol. The van der Waals surface area contributed by atoms with Gasteiger partial charge in [0.15, 0.2) is 5.69 Å². The van der Waals surface area contributed by atoms with Gasteiger partial charge in [0.25, 0.3) is 0 Å². The van der Waals surface area contributed by atoms with Crippen LogP contribution in [0.25, 0.3) is 82.1 Å². The quantitative estimate of drug-likeness (QED) is 0.156. The molecule has 3 heteroatoms. The minimum absolute atomic E-state index is 0.531.